The zero-order chi connectivity index (χ0) is 8.04. The first-order valence-electron chi connectivity index (χ1n) is 3.52. The Morgan fingerprint density at radius 2 is 2.10 bits per heavy atom. The van der Waals surface area contributed by atoms with E-state index in [1.54, 1.807) is 0 Å². The van der Waals surface area contributed by atoms with E-state index in [1.807, 2.05) is 20.9 Å². The molecule has 0 aliphatic rings. The molecule has 0 atom stereocenters. The molecule has 0 radical (unpaired) electrons. The highest BCUT2D eigenvalue weighted by Crippen LogP contribution is 2.12. The summed E-state index contributed by atoms with van der Waals surface area (Å²) in [7, 11) is 1.83. The minimum Gasteiger partial charge on any atom is -0.396 e. The molecular weight excluding hydrogens is 130 g/mol. The van der Waals surface area contributed by atoms with Gasteiger partial charge in [-0.2, -0.15) is 0 Å². The van der Waals surface area contributed by atoms with Crippen LogP contribution in [0.5, 0.6) is 0 Å². The largest absolute Gasteiger partial charge is 0.396 e. The quantitative estimate of drug-likeness (QED) is 0.551. The molecule has 0 saturated heterocycles. The van der Waals surface area contributed by atoms with E-state index >= 15 is 0 Å². The predicted octanol–water partition coefficient (Wildman–Crippen LogP) is 0.341. The molecule has 2 N–H and O–H groups in total. The maximum absolute atomic E-state index is 8.60. The molecule has 0 saturated carbocycles. The van der Waals surface area contributed by atoms with Crippen molar-refractivity contribution in [1.29, 1.82) is 0 Å². The zero-order valence-electron chi connectivity index (χ0n) is 6.98. The summed E-state index contributed by atoms with van der Waals surface area (Å²) in [4.78, 5) is 0. The Kier molecular flexibility index (Phi) is 4.60. The van der Waals surface area contributed by atoms with Crippen molar-refractivity contribution in [2.45, 2.75) is 25.9 Å². The lowest BCUT2D eigenvalue weighted by Crippen LogP contribution is -2.30. The van der Waals surface area contributed by atoms with Crippen molar-refractivity contribution in [2.24, 2.45) is 0 Å². The molecule has 0 unspecified atom stereocenters. The summed E-state index contributed by atoms with van der Waals surface area (Å²) in [5, 5.41) is 11.5. The van der Waals surface area contributed by atoms with Gasteiger partial charge in [0, 0.05) is 6.61 Å². The second kappa shape index (κ2) is 4.66. The average molecular weight is 147 g/mol. The molecule has 0 aromatic rings. The van der Waals surface area contributed by atoms with Crippen molar-refractivity contribution < 1.29 is 9.84 Å². The van der Waals surface area contributed by atoms with Crippen LogP contribution in [-0.4, -0.2) is 31.1 Å². The number of aliphatic hydroxyl groups is 1. The number of rotatable bonds is 5. The van der Waals surface area contributed by atoms with Crippen LogP contribution in [0, 0.1) is 0 Å². The molecule has 3 heteroatoms. The van der Waals surface area contributed by atoms with Gasteiger partial charge in [-0.25, -0.2) is 0 Å². The van der Waals surface area contributed by atoms with Crippen LogP contribution in [0.15, 0.2) is 0 Å². The SMILES string of the molecule is CNCOC(C)(C)CCO. The summed E-state index contributed by atoms with van der Waals surface area (Å²) in [5.74, 6) is 0. The monoisotopic (exact) mass is 147 g/mol. The molecule has 0 fully saturated rings. The molecule has 0 aliphatic heterocycles. The highest BCUT2D eigenvalue weighted by Gasteiger charge is 2.16. The average Bonchev–Trinajstić information content (AvgIpc) is 1.84. The van der Waals surface area contributed by atoms with Crippen molar-refractivity contribution in [1.82, 2.24) is 5.32 Å². The smallest absolute Gasteiger partial charge is 0.0970 e. The molecule has 3 nitrogen and oxygen atoms in total. The third-order valence-corrected chi connectivity index (χ3v) is 1.32. The number of hydrogen-bond donors (Lipinski definition) is 2. The number of nitrogens with one attached hydrogen (secondary N) is 1. The highest BCUT2D eigenvalue weighted by atomic mass is 16.5. The third kappa shape index (κ3) is 4.73. The van der Waals surface area contributed by atoms with Crippen molar-refractivity contribution in [3.63, 3.8) is 0 Å². The van der Waals surface area contributed by atoms with Crippen LogP contribution >= 0.6 is 0 Å². The van der Waals surface area contributed by atoms with Crippen LogP contribution in [0.3, 0.4) is 0 Å². The number of hydrogen-bond acceptors (Lipinski definition) is 3. The molecule has 0 spiro atoms. The second-order valence-electron chi connectivity index (χ2n) is 2.88. The molecule has 0 aromatic heterocycles. The van der Waals surface area contributed by atoms with Crippen molar-refractivity contribution in [2.75, 3.05) is 20.4 Å². The standard InChI is InChI=1S/C7H17NO2/c1-7(2,4-5-9)10-6-8-3/h8-9H,4-6H2,1-3H3. The Morgan fingerprint density at radius 3 is 2.50 bits per heavy atom. The fourth-order valence-corrected chi connectivity index (χ4v) is 0.609. The lowest BCUT2D eigenvalue weighted by atomic mass is 10.1. The van der Waals surface area contributed by atoms with Crippen LogP contribution in [0.25, 0.3) is 0 Å². The van der Waals surface area contributed by atoms with Crippen LogP contribution in [0.4, 0.5) is 0 Å². The van der Waals surface area contributed by atoms with E-state index in [1.165, 1.54) is 0 Å². The predicted molar refractivity (Wildman–Crippen MR) is 40.8 cm³/mol. The summed E-state index contributed by atoms with van der Waals surface area (Å²) < 4.78 is 5.35. The molecule has 0 heterocycles. The van der Waals surface area contributed by atoms with E-state index in [2.05, 4.69) is 5.32 Å². The maximum Gasteiger partial charge on any atom is 0.0970 e. The summed E-state index contributed by atoms with van der Waals surface area (Å²) >= 11 is 0. The summed E-state index contributed by atoms with van der Waals surface area (Å²) in [6.07, 6.45) is 0.675. The van der Waals surface area contributed by atoms with Crippen LogP contribution in [0.1, 0.15) is 20.3 Å². The first-order valence-corrected chi connectivity index (χ1v) is 3.52. The topological polar surface area (TPSA) is 41.5 Å². The van der Waals surface area contributed by atoms with Crippen LogP contribution in [-0.2, 0) is 4.74 Å². The Morgan fingerprint density at radius 1 is 1.50 bits per heavy atom. The molecule has 0 amide bonds. The van der Waals surface area contributed by atoms with Gasteiger partial charge in [-0.05, 0) is 27.3 Å². The summed E-state index contributed by atoms with van der Waals surface area (Å²) in [5.41, 5.74) is -0.211. The molecule has 0 aromatic carbocycles. The molecular formula is C7H17NO2. The Bertz CT molecular complexity index is 83.7. The van der Waals surface area contributed by atoms with Gasteiger partial charge in [-0.1, -0.05) is 0 Å². The fraction of sp³-hybridized carbons (Fsp3) is 1.00. The molecule has 0 bridgehead atoms. The van der Waals surface area contributed by atoms with Gasteiger partial charge >= 0.3 is 0 Å². The normalized spacial score (nSPS) is 12.0. The van der Waals surface area contributed by atoms with Crippen molar-refractivity contribution in [3.05, 3.63) is 0 Å². The molecule has 10 heavy (non-hydrogen) atoms. The van der Waals surface area contributed by atoms with Gasteiger partial charge in [0.15, 0.2) is 0 Å². The summed E-state index contributed by atoms with van der Waals surface area (Å²) in [6.45, 7) is 4.63. The van der Waals surface area contributed by atoms with E-state index in [0.717, 1.165) is 0 Å². The highest BCUT2D eigenvalue weighted by molar-refractivity contribution is 4.66. The van der Waals surface area contributed by atoms with Crippen molar-refractivity contribution in [3.8, 4) is 0 Å². The molecule has 0 aliphatic carbocycles. The minimum atomic E-state index is -0.211. The van der Waals surface area contributed by atoms with Gasteiger partial charge in [0.25, 0.3) is 0 Å². The first kappa shape index (κ1) is 9.88. The Labute approximate surface area is 62.4 Å². The van der Waals surface area contributed by atoms with Gasteiger partial charge in [0.05, 0.1) is 12.3 Å². The Hall–Kier alpha value is -0.120. The lowest BCUT2D eigenvalue weighted by molar-refractivity contribution is -0.0389. The second-order valence-corrected chi connectivity index (χ2v) is 2.88. The zero-order valence-corrected chi connectivity index (χ0v) is 6.98. The summed E-state index contributed by atoms with van der Waals surface area (Å²) in [6, 6.07) is 0. The van der Waals surface area contributed by atoms with Gasteiger partial charge < -0.3 is 9.84 Å². The van der Waals surface area contributed by atoms with Crippen molar-refractivity contribution >= 4 is 0 Å². The Balaban J connectivity index is 3.42. The van der Waals surface area contributed by atoms with Gasteiger partial charge in [0.2, 0.25) is 0 Å². The maximum atomic E-state index is 8.60. The number of aliphatic hydroxyl groups excluding tert-OH is 1. The third-order valence-electron chi connectivity index (χ3n) is 1.32. The van der Waals surface area contributed by atoms with E-state index in [-0.39, 0.29) is 12.2 Å². The fourth-order valence-electron chi connectivity index (χ4n) is 0.609. The van der Waals surface area contributed by atoms with Crippen LogP contribution < -0.4 is 5.32 Å². The van der Waals surface area contributed by atoms with Crippen LogP contribution in [0.2, 0.25) is 0 Å². The minimum absolute atomic E-state index is 0.177. The number of ether oxygens (including phenoxy) is 1. The van der Waals surface area contributed by atoms with E-state index in [0.29, 0.717) is 13.2 Å². The van der Waals surface area contributed by atoms with Gasteiger partial charge in [-0.3, -0.25) is 5.32 Å². The van der Waals surface area contributed by atoms with Gasteiger partial charge in [-0.15, -0.1) is 0 Å². The molecule has 0 rings (SSSR count). The first-order chi connectivity index (χ1) is 4.62. The van der Waals surface area contributed by atoms with E-state index in [4.69, 9.17) is 9.84 Å². The van der Waals surface area contributed by atoms with Gasteiger partial charge in [0.1, 0.15) is 0 Å². The van der Waals surface area contributed by atoms with E-state index in [9.17, 15) is 0 Å². The lowest BCUT2D eigenvalue weighted by Gasteiger charge is -2.23. The molecule has 62 valence electrons. The van der Waals surface area contributed by atoms with E-state index < -0.39 is 0 Å².